The summed E-state index contributed by atoms with van der Waals surface area (Å²) in [4.78, 5) is 0. The van der Waals surface area contributed by atoms with E-state index < -0.39 is 0 Å². The predicted molar refractivity (Wildman–Crippen MR) is 44.8 cm³/mol. The summed E-state index contributed by atoms with van der Waals surface area (Å²) in [6.07, 6.45) is 6.90. The maximum absolute atomic E-state index is 8.99. The molecule has 1 unspecified atom stereocenters. The molecule has 1 N–H and O–H groups in total. The Bertz CT molecular complexity index is 152. The molecule has 1 nitrogen and oxygen atoms in total. The molecule has 10 heavy (non-hydrogen) atoms. The predicted octanol–water partition coefficient (Wildman–Crippen LogP) is 2.06. The molecule has 0 aliphatic heterocycles. The number of allylic oxidation sites excluding steroid dienone is 4. The average Bonchev–Trinajstić information content (AvgIpc) is 1.88. The van der Waals surface area contributed by atoms with Crippen molar-refractivity contribution in [2.24, 2.45) is 0 Å². The van der Waals surface area contributed by atoms with Crippen molar-refractivity contribution in [2.75, 3.05) is 0 Å². The van der Waals surface area contributed by atoms with Crippen molar-refractivity contribution in [1.82, 2.24) is 0 Å². The summed E-state index contributed by atoms with van der Waals surface area (Å²) in [6, 6.07) is 0. The quantitative estimate of drug-likeness (QED) is 0.592. The summed E-state index contributed by atoms with van der Waals surface area (Å²) in [7, 11) is 0. The Balaban J connectivity index is 3.91. The van der Waals surface area contributed by atoms with Crippen molar-refractivity contribution in [2.45, 2.75) is 20.0 Å². The lowest BCUT2D eigenvalue weighted by Crippen LogP contribution is -1.99. The van der Waals surface area contributed by atoms with E-state index in [-0.39, 0.29) is 6.10 Å². The maximum Gasteiger partial charge on any atom is 0.0722 e. The molecule has 0 saturated carbocycles. The van der Waals surface area contributed by atoms with Crippen molar-refractivity contribution in [1.29, 1.82) is 0 Å². The van der Waals surface area contributed by atoms with Gasteiger partial charge in [-0.05, 0) is 19.4 Å². The third kappa shape index (κ3) is 4.10. The summed E-state index contributed by atoms with van der Waals surface area (Å²) in [5.41, 5.74) is 0.957. The van der Waals surface area contributed by atoms with Gasteiger partial charge in [-0.2, -0.15) is 0 Å². The number of hydrogen-bond acceptors (Lipinski definition) is 1. The van der Waals surface area contributed by atoms with Gasteiger partial charge in [-0.3, -0.25) is 0 Å². The summed E-state index contributed by atoms with van der Waals surface area (Å²) in [5.74, 6) is 0. The molecule has 0 fully saturated rings. The Morgan fingerprint density at radius 1 is 1.50 bits per heavy atom. The minimum absolute atomic E-state index is 0.352. The normalized spacial score (nSPS) is 15.7. The fourth-order valence-electron chi connectivity index (χ4n) is 0.425. The molecule has 0 spiro atoms. The van der Waals surface area contributed by atoms with Crippen LogP contribution in [0, 0.1) is 0 Å². The van der Waals surface area contributed by atoms with Gasteiger partial charge in [0, 0.05) is 0 Å². The van der Waals surface area contributed by atoms with Crippen LogP contribution in [0.5, 0.6) is 0 Å². The molecule has 0 amide bonds. The van der Waals surface area contributed by atoms with E-state index in [1.807, 2.05) is 25.2 Å². The molecule has 0 aliphatic carbocycles. The van der Waals surface area contributed by atoms with Crippen LogP contribution in [0.2, 0.25) is 0 Å². The van der Waals surface area contributed by atoms with Crippen molar-refractivity contribution in [3.63, 3.8) is 0 Å². The molecule has 0 saturated heterocycles. The van der Waals surface area contributed by atoms with E-state index in [0.29, 0.717) is 0 Å². The summed E-state index contributed by atoms with van der Waals surface area (Å²) in [5, 5.41) is 8.99. The third-order valence-electron chi connectivity index (χ3n) is 1.27. The minimum Gasteiger partial charge on any atom is -0.389 e. The van der Waals surface area contributed by atoms with Crippen LogP contribution in [-0.4, -0.2) is 11.2 Å². The first kappa shape index (κ1) is 9.18. The maximum atomic E-state index is 8.99. The Labute approximate surface area is 62.4 Å². The highest BCUT2D eigenvalue weighted by Crippen LogP contribution is 1.99. The smallest absolute Gasteiger partial charge is 0.0722 e. The molecule has 0 heterocycles. The highest BCUT2D eigenvalue weighted by Gasteiger charge is 1.93. The molecule has 1 atom stereocenters. The fraction of sp³-hybridized carbons (Fsp3) is 0.333. The van der Waals surface area contributed by atoms with E-state index in [1.54, 1.807) is 13.0 Å². The molecule has 1 heteroatoms. The van der Waals surface area contributed by atoms with E-state index in [2.05, 4.69) is 6.58 Å². The molecule has 0 aliphatic rings. The van der Waals surface area contributed by atoms with E-state index in [1.165, 1.54) is 0 Å². The molecule has 0 aromatic rings. The second-order valence-electron chi connectivity index (χ2n) is 2.21. The summed E-state index contributed by atoms with van der Waals surface area (Å²) < 4.78 is 0. The summed E-state index contributed by atoms with van der Waals surface area (Å²) in [6.45, 7) is 7.15. The lowest BCUT2D eigenvalue weighted by molar-refractivity contribution is 0.231. The Hall–Kier alpha value is -0.820. The van der Waals surface area contributed by atoms with Gasteiger partial charge < -0.3 is 5.11 Å². The molecular weight excluding hydrogens is 124 g/mol. The van der Waals surface area contributed by atoms with Crippen LogP contribution in [0.3, 0.4) is 0 Å². The van der Waals surface area contributed by atoms with Crippen molar-refractivity contribution < 1.29 is 5.11 Å². The lowest BCUT2D eigenvalue weighted by Gasteiger charge is -2.00. The molecule has 0 rings (SSSR count). The van der Waals surface area contributed by atoms with Gasteiger partial charge in [-0.25, -0.2) is 0 Å². The van der Waals surface area contributed by atoms with Crippen LogP contribution < -0.4 is 0 Å². The van der Waals surface area contributed by atoms with Crippen LogP contribution in [0.25, 0.3) is 0 Å². The Morgan fingerprint density at radius 3 is 2.50 bits per heavy atom. The number of rotatable bonds is 3. The average molecular weight is 138 g/mol. The highest BCUT2D eigenvalue weighted by molar-refractivity contribution is 5.16. The molecule has 0 radical (unpaired) electrons. The zero-order chi connectivity index (χ0) is 7.98. The first-order valence-electron chi connectivity index (χ1n) is 3.32. The van der Waals surface area contributed by atoms with Gasteiger partial charge >= 0.3 is 0 Å². The lowest BCUT2D eigenvalue weighted by atomic mass is 10.2. The van der Waals surface area contributed by atoms with Crippen LogP contribution in [0.1, 0.15) is 13.8 Å². The van der Waals surface area contributed by atoms with Crippen LogP contribution >= 0.6 is 0 Å². The monoisotopic (exact) mass is 138 g/mol. The van der Waals surface area contributed by atoms with Gasteiger partial charge in [0.15, 0.2) is 0 Å². The van der Waals surface area contributed by atoms with E-state index >= 15 is 0 Å². The van der Waals surface area contributed by atoms with Crippen LogP contribution in [0.4, 0.5) is 0 Å². The first-order chi connectivity index (χ1) is 4.68. The third-order valence-corrected chi connectivity index (χ3v) is 1.27. The van der Waals surface area contributed by atoms with Crippen molar-refractivity contribution in [3.05, 3.63) is 36.5 Å². The van der Waals surface area contributed by atoms with Gasteiger partial charge in [-0.1, -0.05) is 30.9 Å². The van der Waals surface area contributed by atoms with Gasteiger partial charge in [0.05, 0.1) is 6.10 Å². The SMILES string of the molecule is C=C/C=C\C=C(/C)C(C)O. The zero-order valence-corrected chi connectivity index (χ0v) is 6.54. The Morgan fingerprint density at radius 2 is 2.10 bits per heavy atom. The molecular formula is C9H14O. The van der Waals surface area contributed by atoms with Gasteiger partial charge in [-0.15, -0.1) is 0 Å². The second-order valence-corrected chi connectivity index (χ2v) is 2.21. The molecule has 0 aromatic heterocycles. The largest absolute Gasteiger partial charge is 0.389 e. The first-order valence-corrected chi connectivity index (χ1v) is 3.32. The van der Waals surface area contributed by atoms with Crippen LogP contribution in [0.15, 0.2) is 36.5 Å². The molecule has 0 bridgehead atoms. The standard InChI is InChI=1S/C9H14O/c1-4-5-6-7-8(2)9(3)10/h4-7,9-10H,1H2,2-3H3/b6-5-,8-7+. The van der Waals surface area contributed by atoms with E-state index in [4.69, 9.17) is 5.11 Å². The number of hydrogen-bond donors (Lipinski definition) is 1. The Kier molecular flexibility index (Phi) is 4.59. The van der Waals surface area contributed by atoms with Crippen molar-refractivity contribution >= 4 is 0 Å². The van der Waals surface area contributed by atoms with Crippen molar-refractivity contribution in [3.8, 4) is 0 Å². The highest BCUT2D eigenvalue weighted by atomic mass is 16.3. The second kappa shape index (κ2) is 5.00. The number of aliphatic hydroxyl groups excluding tert-OH is 1. The topological polar surface area (TPSA) is 20.2 Å². The summed E-state index contributed by atoms with van der Waals surface area (Å²) >= 11 is 0. The van der Waals surface area contributed by atoms with Crippen LogP contribution in [-0.2, 0) is 0 Å². The van der Waals surface area contributed by atoms with E-state index in [0.717, 1.165) is 5.57 Å². The molecule has 56 valence electrons. The minimum atomic E-state index is -0.352. The zero-order valence-electron chi connectivity index (χ0n) is 6.54. The molecule has 0 aromatic carbocycles. The van der Waals surface area contributed by atoms with E-state index in [9.17, 15) is 0 Å². The van der Waals surface area contributed by atoms with Gasteiger partial charge in [0.2, 0.25) is 0 Å². The van der Waals surface area contributed by atoms with Gasteiger partial charge in [0.25, 0.3) is 0 Å². The fourth-order valence-corrected chi connectivity index (χ4v) is 0.425. The number of aliphatic hydroxyl groups is 1. The van der Waals surface area contributed by atoms with Gasteiger partial charge in [0.1, 0.15) is 0 Å².